The molecule has 2 heterocycles. The van der Waals surface area contributed by atoms with Gasteiger partial charge in [-0.2, -0.15) is 9.98 Å². The van der Waals surface area contributed by atoms with Crippen molar-refractivity contribution in [3.8, 4) is 11.8 Å². The minimum atomic E-state index is -3.86. The van der Waals surface area contributed by atoms with Crippen LogP contribution in [0.15, 0.2) is 29.3 Å². The number of aliphatic hydroxyl groups is 1. The van der Waals surface area contributed by atoms with Crippen LogP contribution in [0.1, 0.15) is 18.2 Å². The third-order valence-electron chi connectivity index (χ3n) is 3.99. The summed E-state index contributed by atoms with van der Waals surface area (Å²) < 4.78 is 46.3. The largest absolute Gasteiger partial charge is 0.488 e. The predicted molar refractivity (Wildman–Crippen MR) is 90.5 cm³/mol. The molecule has 0 saturated carbocycles. The second kappa shape index (κ2) is 6.60. The Morgan fingerprint density at radius 2 is 2.27 bits per heavy atom. The van der Waals surface area contributed by atoms with Gasteiger partial charge in [0.15, 0.2) is 5.75 Å². The number of nitriles is 1. The number of nitrogens with one attached hydrogen (secondary N) is 3. The number of rotatable bonds is 4. The Bertz CT molecular complexity index is 983. The van der Waals surface area contributed by atoms with Crippen molar-refractivity contribution in [2.45, 2.75) is 23.9 Å². The number of halogens is 1. The molecule has 0 fully saturated rings. The van der Waals surface area contributed by atoms with Crippen LogP contribution in [0.3, 0.4) is 0 Å². The molecule has 1 unspecified atom stereocenters. The summed E-state index contributed by atoms with van der Waals surface area (Å²) in [7, 11) is -3.86. The van der Waals surface area contributed by atoms with E-state index in [-0.39, 0.29) is 29.4 Å². The summed E-state index contributed by atoms with van der Waals surface area (Å²) in [5, 5.41) is 21.3. The Morgan fingerprint density at radius 3 is 2.96 bits per heavy atom. The maximum Gasteiger partial charge on any atom is 0.246 e. The topological polar surface area (TPSA) is 127 Å². The summed E-state index contributed by atoms with van der Waals surface area (Å²) in [5.74, 6) is -0.458. The van der Waals surface area contributed by atoms with E-state index in [0.717, 1.165) is 0 Å². The number of hydrogen-bond acceptors (Lipinski definition) is 6. The molecule has 0 aliphatic carbocycles. The van der Waals surface area contributed by atoms with E-state index in [9.17, 15) is 17.9 Å². The van der Waals surface area contributed by atoms with E-state index in [1.165, 1.54) is 24.4 Å². The minimum absolute atomic E-state index is 0.0459. The Morgan fingerprint density at radius 1 is 1.50 bits per heavy atom. The highest BCUT2D eigenvalue weighted by atomic mass is 32.2. The van der Waals surface area contributed by atoms with Gasteiger partial charge in [-0.15, -0.1) is 0 Å². The number of sulfonamides is 1. The zero-order chi connectivity index (χ0) is 18.9. The van der Waals surface area contributed by atoms with E-state index < -0.39 is 28.0 Å². The average molecular weight is 380 g/mol. The molecule has 0 amide bonds. The molecule has 1 aliphatic rings. The molecule has 0 spiro atoms. The molecule has 1 aliphatic heterocycles. The summed E-state index contributed by atoms with van der Waals surface area (Å²) in [4.78, 5) is 2.79. The molecule has 26 heavy (non-hydrogen) atoms. The Hall–Kier alpha value is -2.61. The van der Waals surface area contributed by atoms with Gasteiger partial charge in [0, 0.05) is 11.9 Å². The van der Waals surface area contributed by atoms with Crippen LogP contribution in [0.25, 0.3) is 0 Å². The summed E-state index contributed by atoms with van der Waals surface area (Å²) in [6, 6.07) is 5.76. The fourth-order valence-corrected chi connectivity index (χ4v) is 4.07. The van der Waals surface area contributed by atoms with Gasteiger partial charge in [-0.25, -0.2) is 12.8 Å². The number of H-pyrrole nitrogens is 1. The second-order valence-corrected chi connectivity index (χ2v) is 7.88. The van der Waals surface area contributed by atoms with Crippen molar-refractivity contribution in [2.24, 2.45) is 0 Å². The molecular weight excluding hydrogens is 363 g/mol. The van der Waals surface area contributed by atoms with Crippen LogP contribution in [0.5, 0.6) is 5.75 Å². The maximum absolute atomic E-state index is 13.4. The second-order valence-electron chi connectivity index (χ2n) is 6.23. The zero-order valence-electron chi connectivity index (χ0n) is 13.8. The lowest BCUT2D eigenvalue weighted by molar-refractivity contribution is 0.135. The van der Waals surface area contributed by atoms with Crippen molar-refractivity contribution in [1.82, 2.24) is 9.71 Å². The van der Waals surface area contributed by atoms with Crippen LogP contribution >= 0.6 is 0 Å². The van der Waals surface area contributed by atoms with Crippen LogP contribution in [0, 0.1) is 17.1 Å². The molecule has 1 aromatic carbocycles. The highest BCUT2D eigenvalue weighted by molar-refractivity contribution is 7.89. The molecule has 8 nitrogen and oxygen atoms in total. The van der Waals surface area contributed by atoms with Gasteiger partial charge in [-0.05, 0) is 25.1 Å². The van der Waals surface area contributed by atoms with Gasteiger partial charge in [-0.1, -0.05) is 0 Å². The highest BCUT2D eigenvalue weighted by Gasteiger charge is 2.37. The first-order valence-corrected chi connectivity index (χ1v) is 9.18. The van der Waals surface area contributed by atoms with Crippen molar-refractivity contribution >= 4 is 15.7 Å². The van der Waals surface area contributed by atoms with E-state index >= 15 is 0 Å². The molecule has 3 rings (SSSR count). The number of hydrogen-bond donors (Lipinski definition) is 4. The van der Waals surface area contributed by atoms with Crippen LogP contribution in [-0.2, 0) is 16.6 Å². The van der Waals surface area contributed by atoms with Gasteiger partial charge >= 0.3 is 0 Å². The molecule has 10 heteroatoms. The molecule has 0 saturated heterocycles. The fraction of sp³-hybridized carbons (Fsp3) is 0.312. The predicted octanol–water partition coefficient (Wildman–Crippen LogP) is 1.06. The van der Waals surface area contributed by atoms with E-state index in [1.807, 2.05) is 0 Å². The first kappa shape index (κ1) is 18.2. The zero-order valence-corrected chi connectivity index (χ0v) is 14.7. The number of benzene rings is 1. The van der Waals surface area contributed by atoms with Gasteiger partial charge in [0.2, 0.25) is 10.0 Å². The van der Waals surface area contributed by atoms with Crippen molar-refractivity contribution in [1.29, 1.82) is 5.26 Å². The Kier molecular flexibility index (Phi) is 4.62. The number of fused-ring (bicyclic) bond motifs is 1. The Balaban J connectivity index is 1.85. The minimum Gasteiger partial charge on any atom is -0.488 e. The molecule has 1 atom stereocenters. The third kappa shape index (κ3) is 3.37. The van der Waals surface area contributed by atoms with Crippen molar-refractivity contribution < 1.29 is 22.7 Å². The number of aliphatic hydroxyl groups excluding tert-OH is 1. The number of aromatic nitrogens is 1. The molecular formula is C16H17FN4O4S. The molecule has 2 aromatic rings. The third-order valence-corrected chi connectivity index (χ3v) is 5.63. The lowest BCUT2D eigenvalue weighted by Crippen LogP contribution is -2.51. The summed E-state index contributed by atoms with van der Waals surface area (Å²) in [5.41, 5.74) is -0.257. The first-order valence-electron chi connectivity index (χ1n) is 7.69. The average Bonchev–Trinajstić information content (AvgIpc) is 2.98. The molecule has 0 radical (unpaired) electrons. The van der Waals surface area contributed by atoms with Gasteiger partial charge in [0.25, 0.3) is 0 Å². The van der Waals surface area contributed by atoms with Gasteiger partial charge < -0.3 is 20.1 Å². The van der Waals surface area contributed by atoms with Crippen LogP contribution in [-0.4, -0.2) is 37.3 Å². The van der Waals surface area contributed by atoms with Crippen LogP contribution in [0.2, 0.25) is 0 Å². The van der Waals surface area contributed by atoms with E-state index in [2.05, 4.69) is 15.0 Å². The van der Waals surface area contributed by atoms with E-state index in [1.54, 1.807) is 13.0 Å². The number of aromatic amines is 1. The Labute approximate surface area is 149 Å². The quantitative estimate of drug-likeness (QED) is 0.628. The lowest BCUT2D eigenvalue weighted by Gasteiger charge is -2.24. The van der Waals surface area contributed by atoms with Crippen LogP contribution in [0.4, 0.5) is 10.1 Å². The molecule has 4 N–H and O–H groups in total. The van der Waals surface area contributed by atoms with Crippen molar-refractivity contribution in [2.75, 3.05) is 18.5 Å². The number of anilines is 1. The highest BCUT2D eigenvalue weighted by Crippen LogP contribution is 2.32. The SMILES string of the molecule is CC1(CO)COc2c(c[nH]c2CNc2ccc(F)c(C#N)c2)S(=O)(=O)N1. The van der Waals surface area contributed by atoms with Crippen LogP contribution < -0.4 is 14.8 Å². The van der Waals surface area contributed by atoms with E-state index in [4.69, 9.17) is 10.00 Å². The molecule has 0 bridgehead atoms. The molecule has 138 valence electrons. The van der Waals surface area contributed by atoms with Gasteiger partial charge in [-0.3, -0.25) is 0 Å². The standard InChI is InChI=1S/C16H17FN4O4S/c1-16(8-22)9-25-15-13(20-7-14(15)26(23,24)21-16)6-19-11-2-3-12(17)10(4-11)5-18/h2-4,7,19-22H,6,8-9H2,1H3. The van der Waals surface area contributed by atoms with E-state index in [0.29, 0.717) is 11.4 Å². The normalized spacial score (nSPS) is 21.2. The number of ether oxygens (including phenoxy) is 1. The summed E-state index contributed by atoms with van der Waals surface area (Å²) in [6.07, 6.45) is 1.31. The molecule has 1 aromatic heterocycles. The first-order chi connectivity index (χ1) is 12.3. The maximum atomic E-state index is 13.4. The van der Waals surface area contributed by atoms with Crippen molar-refractivity contribution in [3.63, 3.8) is 0 Å². The summed E-state index contributed by atoms with van der Waals surface area (Å²) >= 11 is 0. The fourth-order valence-electron chi connectivity index (χ4n) is 2.55. The summed E-state index contributed by atoms with van der Waals surface area (Å²) in [6.45, 7) is 1.24. The van der Waals surface area contributed by atoms with Gasteiger partial charge in [0.1, 0.15) is 23.4 Å². The smallest absolute Gasteiger partial charge is 0.246 e. The van der Waals surface area contributed by atoms with Gasteiger partial charge in [0.05, 0.1) is 29.9 Å². The van der Waals surface area contributed by atoms with Crippen molar-refractivity contribution in [3.05, 3.63) is 41.5 Å². The lowest BCUT2D eigenvalue weighted by atomic mass is 10.1. The number of nitrogens with zero attached hydrogens (tertiary/aromatic N) is 1. The monoisotopic (exact) mass is 380 g/mol.